The van der Waals surface area contributed by atoms with Crippen LogP contribution in [-0.4, -0.2) is 18.1 Å². The summed E-state index contributed by atoms with van der Waals surface area (Å²) in [6.07, 6.45) is 0. The highest BCUT2D eigenvalue weighted by Crippen LogP contribution is 2.30. The molecule has 4 heteroatoms. The zero-order valence-electron chi connectivity index (χ0n) is 14.6. The maximum atomic E-state index is 12.6. The first kappa shape index (κ1) is 17.7. The molecule has 3 aromatic rings. The van der Waals surface area contributed by atoms with Gasteiger partial charge in [0.25, 0.3) is 5.91 Å². The van der Waals surface area contributed by atoms with Crippen LogP contribution >= 0.6 is 0 Å². The molecule has 0 unspecified atom stereocenters. The van der Waals surface area contributed by atoms with Crippen molar-refractivity contribution in [3.63, 3.8) is 0 Å². The van der Waals surface area contributed by atoms with E-state index in [1.54, 1.807) is 19.2 Å². The predicted octanol–water partition coefficient (Wildman–Crippen LogP) is 3.78. The van der Waals surface area contributed by atoms with Crippen molar-refractivity contribution in [2.24, 2.45) is 0 Å². The molecule has 0 aliphatic carbocycles. The monoisotopic (exact) mass is 347 g/mol. The lowest BCUT2D eigenvalue weighted by Crippen LogP contribution is -2.23. The number of rotatable bonds is 6. The van der Waals surface area contributed by atoms with E-state index < -0.39 is 0 Å². The Bertz CT molecular complexity index is 891. The minimum atomic E-state index is -0.169. The second-order valence-corrected chi connectivity index (χ2v) is 5.89. The lowest BCUT2D eigenvalue weighted by molar-refractivity contribution is 0.0950. The summed E-state index contributed by atoms with van der Waals surface area (Å²) in [5.74, 6) is 0.552. The van der Waals surface area contributed by atoms with E-state index in [0.717, 1.165) is 28.0 Å². The second kappa shape index (κ2) is 8.32. The number of hydrogen-bond donors (Lipinski definition) is 2. The average Bonchev–Trinajstić information content (AvgIpc) is 2.72. The van der Waals surface area contributed by atoms with Gasteiger partial charge in [0.05, 0.1) is 13.7 Å². The van der Waals surface area contributed by atoms with Gasteiger partial charge in [0, 0.05) is 17.7 Å². The van der Waals surface area contributed by atoms with Crippen LogP contribution in [0.15, 0.2) is 72.8 Å². The first-order chi connectivity index (χ1) is 12.7. The number of ether oxygens (including phenoxy) is 1. The Hall–Kier alpha value is -3.11. The molecule has 0 spiro atoms. The van der Waals surface area contributed by atoms with Crippen LogP contribution in [-0.2, 0) is 13.2 Å². The summed E-state index contributed by atoms with van der Waals surface area (Å²) in [5.41, 5.74) is 4.14. The van der Waals surface area contributed by atoms with Crippen molar-refractivity contribution < 1.29 is 14.6 Å². The molecule has 4 nitrogen and oxygen atoms in total. The number of hydrogen-bond acceptors (Lipinski definition) is 3. The van der Waals surface area contributed by atoms with Gasteiger partial charge in [-0.1, -0.05) is 54.6 Å². The van der Waals surface area contributed by atoms with Gasteiger partial charge in [-0.3, -0.25) is 4.79 Å². The third-order valence-electron chi connectivity index (χ3n) is 4.27. The second-order valence-electron chi connectivity index (χ2n) is 5.89. The largest absolute Gasteiger partial charge is 0.496 e. The van der Waals surface area contributed by atoms with Crippen molar-refractivity contribution >= 4 is 5.91 Å². The Morgan fingerprint density at radius 2 is 1.65 bits per heavy atom. The van der Waals surface area contributed by atoms with E-state index in [1.807, 2.05) is 60.7 Å². The zero-order chi connectivity index (χ0) is 18.4. The van der Waals surface area contributed by atoms with Gasteiger partial charge in [0.1, 0.15) is 5.75 Å². The standard InChI is InChI=1S/C22H21NO3/c1-26-21-12-11-17(13-20(21)16-7-3-2-4-8-16)22(25)23-14-18-9-5-6-10-19(18)15-24/h2-13,24H,14-15H2,1H3,(H,23,25). The van der Waals surface area contributed by atoms with E-state index in [4.69, 9.17) is 4.74 Å². The van der Waals surface area contributed by atoms with Crippen LogP contribution < -0.4 is 10.1 Å². The molecule has 2 N–H and O–H groups in total. The van der Waals surface area contributed by atoms with Crippen molar-refractivity contribution in [2.45, 2.75) is 13.2 Å². The Kier molecular flexibility index (Phi) is 5.66. The van der Waals surface area contributed by atoms with Crippen molar-refractivity contribution in [2.75, 3.05) is 7.11 Å². The fourth-order valence-electron chi connectivity index (χ4n) is 2.85. The molecule has 3 aromatic carbocycles. The Morgan fingerprint density at radius 1 is 0.962 bits per heavy atom. The summed E-state index contributed by atoms with van der Waals surface area (Å²) in [6.45, 7) is 0.314. The number of aliphatic hydroxyl groups is 1. The lowest BCUT2D eigenvalue weighted by atomic mass is 10.0. The van der Waals surface area contributed by atoms with Gasteiger partial charge in [0.15, 0.2) is 0 Å². The maximum absolute atomic E-state index is 12.6. The molecule has 0 fully saturated rings. The first-order valence-electron chi connectivity index (χ1n) is 8.42. The van der Waals surface area contributed by atoms with Gasteiger partial charge in [-0.15, -0.1) is 0 Å². The summed E-state index contributed by atoms with van der Waals surface area (Å²) in [7, 11) is 1.62. The van der Waals surface area contributed by atoms with Gasteiger partial charge < -0.3 is 15.2 Å². The number of carbonyl (C=O) groups excluding carboxylic acids is 1. The van der Waals surface area contributed by atoms with Gasteiger partial charge in [-0.2, -0.15) is 0 Å². The summed E-state index contributed by atoms with van der Waals surface area (Å²) < 4.78 is 5.43. The molecule has 0 saturated carbocycles. The number of benzene rings is 3. The molecule has 3 rings (SSSR count). The molecule has 0 aliphatic heterocycles. The average molecular weight is 347 g/mol. The minimum absolute atomic E-state index is 0.0489. The van der Waals surface area contributed by atoms with E-state index in [1.165, 1.54) is 0 Å². The molecule has 0 aliphatic rings. The topological polar surface area (TPSA) is 58.6 Å². The number of methoxy groups -OCH3 is 1. The van der Waals surface area contributed by atoms with E-state index in [0.29, 0.717) is 12.1 Å². The van der Waals surface area contributed by atoms with Crippen LogP contribution in [0.5, 0.6) is 5.75 Å². The summed E-state index contributed by atoms with van der Waals surface area (Å²) >= 11 is 0. The molecule has 0 radical (unpaired) electrons. The quantitative estimate of drug-likeness (QED) is 0.713. The van der Waals surface area contributed by atoms with Gasteiger partial charge in [-0.25, -0.2) is 0 Å². The molecular formula is C22H21NO3. The van der Waals surface area contributed by atoms with Crippen molar-refractivity contribution in [3.8, 4) is 16.9 Å². The number of carbonyl (C=O) groups is 1. The van der Waals surface area contributed by atoms with Gasteiger partial charge >= 0.3 is 0 Å². The molecule has 0 aromatic heterocycles. The molecule has 0 atom stereocenters. The Balaban J connectivity index is 1.82. The Labute approximate surface area is 153 Å². The fourth-order valence-corrected chi connectivity index (χ4v) is 2.85. The summed E-state index contributed by atoms with van der Waals surface area (Å²) in [4.78, 5) is 12.6. The molecule has 1 amide bonds. The summed E-state index contributed by atoms with van der Waals surface area (Å²) in [5, 5.41) is 12.3. The molecule has 0 saturated heterocycles. The van der Waals surface area contributed by atoms with Crippen LogP contribution in [0, 0.1) is 0 Å². The van der Waals surface area contributed by atoms with Crippen molar-refractivity contribution in [1.29, 1.82) is 0 Å². The smallest absolute Gasteiger partial charge is 0.251 e. The highest BCUT2D eigenvalue weighted by Gasteiger charge is 2.12. The van der Waals surface area contributed by atoms with Crippen molar-refractivity contribution in [3.05, 3.63) is 89.5 Å². The van der Waals surface area contributed by atoms with Gasteiger partial charge in [0.2, 0.25) is 0 Å². The third kappa shape index (κ3) is 3.92. The molecule has 26 heavy (non-hydrogen) atoms. The van der Waals surface area contributed by atoms with Crippen LogP contribution in [0.25, 0.3) is 11.1 Å². The van der Waals surface area contributed by atoms with E-state index in [2.05, 4.69) is 5.32 Å². The van der Waals surface area contributed by atoms with E-state index in [-0.39, 0.29) is 12.5 Å². The van der Waals surface area contributed by atoms with E-state index >= 15 is 0 Å². The minimum Gasteiger partial charge on any atom is -0.496 e. The fraction of sp³-hybridized carbons (Fsp3) is 0.136. The number of aliphatic hydroxyl groups excluding tert-OH is 1. The number of amides is 1. The highest BCUT2D eigenvalue weighted by atomic mass is 16.5. The number of nitrogens with one attached hydrogen (secondary N) is 1. The zero-order valence-corrected chi connectivity index (χ0v) is 14.6. The molecule has 132 valence electrons. The SMILES string of the molecule is COc1ccc(C(=O)NCc2ccccc2CO)cc1-c1ccccc1. The molecule has 0 bridgehead atoms. The van der Waals surface area contributed by atoms with Crippen LogP contribution in [0.3, 0.4) is 0 Å². The predicted molar refractivity (Wildman–Crippen MR) is 102 cm³/mol. The van der Waals surface area contributed by atoms with Crippen LogP contribution in [0.1, 0.15) is 21.5 Å². The Morgan fingerprint density at radius 3 is 2.35 bits per heavy atom. The third-order valence-corrected chi connectivity index (χ3v) is 4.27. The van der Waals surface area contributed by atoms with Gasteiger partial charge in [-0.05, 0) is 34.9 Å². The lowest BCUT2D eigenvalue weighted by Gasteiger charge is -2.12. The normalized spacial score (nSPS) is 10.4. The first-order valence-corrected chi connectivity index (χ1v) is 8.42. The van der Waals surface area contributed by atoms with E-state index in [9.17, 15) is 9.90 Å². The molecular weight excluding hydrogens is 326 g/mol. The van der Waals surface area contributed by atoms with Crippen LogP contribution in [0.2, 0.25) is 0 Å². The van der Waals surface area contributed by atoms with Crippen molar-refractivity contribution in [1.82, 2.24) is 5.32 Å². The summed E-state index contributed by atoms with van der Waals surface area (Å²) in [6, 6.07) is 22.7. The van der Waals surface area contributed by atoms with Crippen LogP contribution in [0.4, 0.5) is 0 Å². The highest BCUT2D eigenvalue weighted by molar-refractivity contribution is 5.96. The molecule has 0 heterocycles. The maximum Gasteiger partial charge on any atom is 0.251 e.